The first kappa shape index (κ1) is 14.1. The molecule has 4 heteroatoms. The third-order valence-corrected chi connectivity index (χ3v) is 2.74. The molecule has 0 saturated heterocycles. The van der Waals surface area contributed by atoms with Gasteiger partial charge >= 0.3 is 0 Å². The summed E-state index contributed by atoms with van der Waals surface area (Å²) in [6, 6.07) is 3.90. The third-order valence-electron chi connectivity index (χ3n) is 2.74. The lowest BCUT2D eigenvalue weighted by Gasteiger charge is -2.17. The molecule has 2 nitrogen and oxygen atoms in total. The van der Waals surface area contributed by atoms with Crippen LogP contribution in [0.3, 0.4) is 0 Å². The van der Waals surface area contributed by atoms with E-state index in [9.17, 15) is 8.78 Å². The Labute approximate surface area is 101 Å². The van der Waals surface area contributed by atoms with E-state index >= 15 is 0 Å². The topological polar surface area (TPSA) is 29.3 Å². The predicted molar refractivity (Wildman–Crippen MR) is 65.8 cm³/mol. The van der Waals surface area contributed by atoms with E-state index in [1.54, 1.807) is 0 Å². The standard InChI is InChI=1S/C13H20F2N2/c1-10(16)5-7-17(2)8-6-11-3-4-12(14)9-13(11)15/h3-4,9-10H,5-8,16H2,1-2H3. The van der Waals surface area contributed by atoms with Crippen molar-refractivity contribution in [1.82, 2.24) is 4.90 Å². The van der Waals surface area contributed by atoms with E-state index in [0.29, 0.717) is 12.0 Å². The van der Waals surface area contributed by atoms with Gasteiger partial charge in [-0.2, -0.15) is 0 Å². The zero-order chi connectivity index (χ0) is 12.8. The van der Waals surface area contributed by atoms with Gasteiger partial charge in [-0.3, -0.25) is 0 Å². The minimum absolute atomic E-state index is 0.181. The molecule has 0 aromatic heterocycles. The summed E-state index contributed by atoms with van der Waals surface area (Å²) in [6.45, 7) is 3.60. The lowest BCUT2D eigenvalue weighted by molar-refractivity contribution is 0.323. The largest absolute Gasteiger partial charge is 0.328 e. The second-order valence-corrected chi connectivity index (χ2v) is 4.55. The number of rotatable bonds is 6. The Bertz CT molecular complexity index is 353. The molecule has 96 valence electrons. The van der Waals surface area contributed by atoms with Crippen LogP contribution in [0.25, 0.3) is 0 Å². The van der Waals surface area contributed by atoms with Crippen molar-refractivity contribution in [2.24, 2.45) is 5.73 Å². The van der Waals surface area contributed by atoms with Crippen molar-refractivity contribution in [3.05, 3.63) is 35.4 Å². The van der Waals surface area contributed by atoms with Crippen LogP contribution in [-0.2, 0) is 6.42 Å². The average Bonchev–Trinajstić information content (AvgIpc) is 2.25. The molecule has 0 radical (unpaired) electrons. The number of hydrogen-bond donors (Lipinski definition) is 1. The maximum Gasteiger partial charge on any atom is 0.129 e. The molecule has 0 fully saturated rings. The van der Waals surface area contributed by atoms with E-state index in [4.69, 9.17) is 5.73 Å². The number of hydrogen-bond acceptors (Lipinski definition) is 2. The molecule has 17 heavy (non-hydrogen) atoms. The van der Waals surface area contributed by atoms with Crippen molar-refractivity contribution in [3.8, 4) is 0 Å². The summed E-state index contributed by atoms with van der Waals surface area (Å²) >= 11 is 0. The zero-order valence-corrected chi connectivity index (χ0v) is 10.4. The lowest BCUT2D eigenvalue weighted by atomic mass is 10.1. The third kappa shape index (κ3) is 5.24. The second-order valence-electron chi connectivity index (χ2n) is 4.55. The van der Waals surface area contributed by atoms with E-state index in [2.05, 4.69) is 4.90 Å². The normalized spacial score (nSPS) is 13.1. The van der Waals surface area contributed by atoms with Crippen LogP contribution in [0, 0.1) is 11.6 Å². The highest BCUT2D eigenvalue weighted by Gasteiger charge is 2.06. The summed E-state index contributed by atoms with van der Waals surface area (Å²) in [7, 11) is 1.98. The predicted octanol–water partition coefficient (Wildman–Crippen LogP) is 2.18. The fourth-order valence-corrected chi connectivity index (χ4v) is 1.57. The summed E-state index contributed by atoms with van der Waals surface area (Å²) < 4.78 is 26.0. The van der Waals surface area contributed by atoms with Gasteiger partial charge in [-0.1, -0.05) is 6.07 Å². The van der Waals surface area contributed by atoms with Crippen LogP contribution in [0.1, 0.15) is 18.9 Å². The quantitative estimate of drug-likeness (QED) is 0.828. The first-order valence-electron chi connectivity index (χ1n) is 5.87. The minimum atomic E-state index is -0.531. The van der Waals surface area contributed by atoms with Crippen LogP contribution in [0.15, 0.2) is 18.2 Å². The molecular formula is C13H20F2N2. The molecule has 1 aromatic carbocycles. The number of nitrogens with two attached hydrogens (primary N) is 1. The maximum atomic E-state index is 13.3. The molecule has 0 amide bonds. The molecule has 0 bridgehead atoms. The van der Waals surface area contributed by atoms with Gasteiger partial charge in [0.25, 0.3) is 0 Å². The number of halogens is 2. The highest BCUT2D eigenvalue weighted by molar-refractivity contribution is 5.18. The van der Waals surface area contributed by atoms with Crippen molar-refractivity contribution in [1.29, 1.82) is 0 Å². The average molecular weight is 242 g/mol. The Hall–Kier alpha value is -1.00. The number of likely N-dealkylation sites (N-methyl/N-ethyl adjacent to an activating group) is 1. The van der Waals surface area contributed by atoms with Gasteiger partial charge in [-0.05, 0) is 45.0 Å². The summed E-state index contributed by atoms with van der Waals surface area (Å²) in [4.78, 5) is 2.10. The lowest BCUT2D eigenvalue weighted by Crippen LogP contribution is -2.27. The van der Waals surface area contributed by atoms with Crippen LogP contribution in [0.2, 0.25) is 0 Å². The van der Waals surface area contributed by atoms with Crippen molar-refractivity contribution in [2.45, 2.75) is 25.8 Å². The first-order chi connectivity index (χ1) is 7.99. The van der Waals surface area contributed by atoms with E-state index in [0.717, 1.165) is 25.6 Å². The van der Waals surface area contributed by atoms with Crippen LogP contribution < -0.4 is 5.73 Å². The van der Waals surface area contributed by atoms with Gasteiger partial charge in [0.05, 0.1) is 0 Å². The summed E-state index contributed by atoms with van der Waals surface area (Å²) in [5, 5.41) is 0. The van der Waals surface area contributed by atoms with Crippen LogP contribution in [0.5, 0.6) is 0 Å². The van der Waals surface area contributed by atoms with Crippen LogP contribution in [0.4, 0.5) is 8.78 Å². The Morgan fingerprint density at radius 2 is 2.00 bits per heavy atom. The summed E-state index contributed by atoms with van der Waals surface area (Å²) in [5.41, 5.74) is 6.22. The fraction of sp³-hybridized carbons (Fsp3) is 0.538. The van der Waals surface area contributed by atoms with Gasteiger partial charge in [-0.15, -0.1) is 0 Å². The number of nitrogens with zero attached hydrogens (tertiary/aromatic N) is 1. The van der Waals surface area contributed by atoms with E-state index in [-0.39, 0.29) is 6.04 Å². The van der Waals surface area contributed by atoms with E-state index in [1.165, 1.54) is 12.1 Å². The van der Waals surface area contributed by atoms with Crippen molar-refractivity contribution in [2.75, 3.05) is 20.1 Å². The van der Waals surface area contributed by atoms with Crippen molar-refractivity contribution >= 4 is 0 Å². The van der Waals surface area contributed by atoms with Gasteiger partial charge in [0.2, 0.25) is 0 Å². The molecular weight excluding hydrogens is 222 g/mol. The van der Waals surface area contributed by atoms with Crippen LogP contribution in [-0.4, -0.2) is 31.1 Å². The van der Waals surface area contributed by atoms with Gasteiger partial charge in [0, 0.05) is 18.7 Å². The smallest absolute Gasteiger partial charge is 0.129 e. The molecule has 1 rings (SSSR count). The molecule has 0 aliphatic rings. The highest BCUT2D eigenvalue weighted by atomic mass is 19.1. The Kier molecular flexibility index (Phi) is 5.51. The highest BCUT2D eigenvalue weighted by Crippen LogP contribution is 2.10. The Morgan fingerprint density at radius 1 is 1.29 bits per heavy atom. The maximum absolute atomic E-state index is 13.3. The first-order valence-corrected chi connectivity index (χ1v) is 5.87. The Balaban J connectivity index is 2.39. The van der Waals surface area contributed by atoms with Crippen molar-refractivity contribution in [3.63, 3.8) is 0 Å². The summed E-state index contributed by atoms with van der Waals surface area (Å²) in [6.07, 6.45) is 1.50. The van der Waals surface area contributed by atoms with Gasteiger partial charge in [0.1, 0.15) is 11.6 Å². The zero-order valence-electron chi connectivity index (χ0n) is 10.4. The van der Waals surface area contributed by atoms with Crippen LogP contribution >= 0.6 is 0 Å². The molecule has 0 aliphatic heterocycles. The van der Waals surface area contributed by atoms with Gasteiger partial charge in [-0.25, -0.2) is 8.78 Å². The molecule has 0 spiro atoms. The second kappa shape index (κ2) is 6.67. The van der Waals surface area contributed by atoms with Crippen molar-refractivity contribution < 1.29 is 8.78 Å². The monoisotopic (exact) mass is 242 g/mol. The summed E-state index contributed by atoms with van der Waals surface area (Å²) in [5.74, 6) is -0.998. The molecule has 0 heterocycles. The van der Waals surface area contributed by atoms with E-state index < -0.39 is 11.6 Å². The van der Waals surface area contributed by atoms with Gasteiger partial charge in [0.15, 0.2) is 0 Å². The minimum Gasteiger partial charge on any atom is -0.328 e. The molecule has 1 unspecified atom stereocenters. The van der Waals surface area contributed by atoms with Gasteiger partial charge < -0.3 is 10.6 Å². The molecule has 1 aromatic rings. The molecule has 0 saturated carbocycles. The molecule has 0 aliphatic carbocycles. The molecule has 2 N–H and O–H groups in total. The fourth-order valence-electron chi connectivity index (χ4n) is 1.57. The Morgan fingerprint density at radius 3 is 2.59 bits per heavy atom. The molecule has 1 atom stereocenters. The number of benzene rings is 1. The van der Waals surface area contributed by atoms with E-state index in [1.807, 2.05) is 14.0 Å². The SMILES string of the molecule is CC(N)CCN(C)CCc1ccc(F)cc1F.